The van der Waals surface area contributed by atoms with Gasteiger partial charge in [-0.05, 0) is 42.5 Å². The van der Waals surface area contributed by atoms with Gasteiger partial charge >= 0.3 is 0 Å². The molecule has 0 radical (unpaired) electrons. The van der Waals surface area contributed by atoms with Gasteiger partial charge in [-0.2, -0.15) is 0 Å². The number of benzene rings is 2. The summed E-state index contributed by atoms with van der Waals surface area (Å²) >= 11 is 0. The van der Waals surface area contributed by atoms with Crippen molar-refractivity contribution >= 4 is 17.5 Å². The molecule has 2 amide bonds. The zero-order chi connectivity index (χ0) is 18.4. The van der Waals surface area contributed by atoms with Gasteiger partial charge in [-0.1, -0.05) is 50.2 Å². The van der Waals surface area contributed by atoms with Crippen molar-refractivity contribution in [3.8, 4) is 0 Å². The van der Waals surface area contributed by atoms with Crippen molar-refractivity contribution in [2.75, 3.05) is 12.4 Å². The van der Waals surface area contributed by atoms with E-state index in [-0.39, 0.29) is 17.7 Å². The molecule has 0 spiro atoms. The number of hydrogen-bond donors (Lipinski definition) is 2. The minimum absolute atomic E-state index is 0.132. The fraction of sp³-hybridized carbons (Fsp3) is 0.333. The van der Waals surface area contributed by atoms with Gasteiger partial charge in [0.05, 0.1) is 17.2 Å². The molecule has 0 aromatic heterocycles. The molecule has 1 unspecified atom stereocenters. The summed E-state index contributed by atoms with van der Waals surface area (Å²) in [4.78, 5) is 24.5. The third kappa shape index (κ3) is 4.92. The summed E-state index contributed by atoms with van der Waals surface area (Å²) in [6.07, 6.45) is 1.03. The van der Waals surface area contributed by atoms with Gasteiger partial charge in [-0.25, -0.2) is 0 Å². The molecule has 0 heterocycles. The lowest BCUT2D eigenvalue weighted by Gasteiger charge is -2.15. The molecule has 132 valence electrons. The number of para-hydroxylation sites is 1. The highest BCUT2D eigenvalue weighted by molar-refractivity contribution is 6.04. The Balaban J connectivity index is 2.12. The average Bonchev–Trinajstić information content (AvgIpc) is 2.61. The first-order chi connectivity index (χ1) is 11.9. The van der Waals surface area contributed by atoms with E-state index in [1.807, 2.05) is 19.1 Å². The van der Waals surface area contributed by atoms with Crippen molar-refractivity contribution < 1.29 is 9.59 Å². The summed E-state index contributed by atoms with van der Waals surface area (Å²) in [5.41, 5.74) is 3.21. The summed E-state index contributed by atoms with van der Waals surface area (Å²) in [6, 6.07) is 15.2. The average molecular weight is 338 g/mol. The predicted molar refractivity (Wildman–Crippen MR) is 102 cm³/mol. The molecule has 0 bridgehead atoms. The zero-order valence-electron chi connectivity index (χ0n) is 15.3. The van der Waals surface area contributed by atoms with Gasteiger partial charge in [0, 0.05) is 7.05 Å². The maximum absolute atomic E-state index is 12.6. The summed E-state index contributed by atoms with van der Waals surface area (Å²) in [5, 5.41) is 5.46. The van der Waals surface area contributed by atoms with Gasteiger partial charge in [-0.15, -0.1) is 0 Å². The highest BCUT2D eigenvalue weighted by atomic mass is 16.2. The van der Waals surface area contributed by atoms with Gasteiger partial charge in [0.25, 0.3) is 5.91 Å². The smallest absolute Gasteiger partial charge is 0.253 e. The van der Waals surface area contributed by atoms with Gasteiger partial charge in [0.15, 0.2) is 0 Å². The number of rotatable bonds is 6. The first kappa shape index (κ1) is 18.7. The molecule has 2 rings (SSSR count). The number of carbonyl (C=O) groups is 2. The molecule has 0 aliphatic heterocycles. The predicted octanol–water partition coefficient (Wildman–Crippen LogP) is 3.99. The molecule has 0 aliphatic rings. The summed E-state index contributed by atoms with van der Waals surface area (Å²) in [6.45, 7) is 6.25. The van der Waals surface area contributed by atoms with E-state index >= 15 is 0 Å². The summed E-state index contributed by atoms with van der Waals surface area (Å²) < 4.78 is 0. The van der Waals surface area contributed by atoms with Crippen LogP contribution in [0.1, 0.15) is 48.2 Å². The third-order valence-corrected chi connectivity index (χ3v) is 4.17. The lowest BCUT2D eigenvalue weighted by molar-refractivity contribution is -0.117. The Hall–Kier alpha value is -2.62. The van der Waals surface area contributed by atoms with Crippen LogP contribution >= 0.6 is 0 Å². The molecule has 25 heavy (non-hydrogen) atoms. The van der Waals surface area contributed by atoms with E-state index in [1.54, 1.807) is 31.3 Å². The van der Waals surface area contributed by atoms with Crippen LogP contribution < -0.4 is 10.6 Å². The van der Waals surface area contributed by atoms with E-state index in [2.05, 4.69) is 36.6 Å². The standard InChI is InChI=1S/C21H26N2O2/c1-14(2)13-16-9-11-17(12-10-16)15(3)20(24)23-19-8-6-5-7-18(19)21(25)22-4/h5-12,14-15H,13H2,1-4H3,(H,22,25)(H,23,24). The fourth-order valence-electron chi connectivity index (χ4n) is 2.73. The molecule has 4 nitrogen and oxygen atoms in total. The highest BCUT2D eigenvalue weighted by Gasteiger charge is 2.18. The Labute approximate surface area is 149 Å². The number of amides is 2. The highest BCUT2D eigenvalue weighted by Crippen LogP contribution is 2.21. The first-order valence-corrected chi connectivity index (χ1v) is 8.63. The normalized spacial score (nSPS) is 11.9. The quantitative estimate of drug-likeness (QED) is 0.837. The molecule has 2 N–H and O–H groups in total. The van der Waals surface area contributed by atoms with Crippen LogP contribution in [0.15, 0.2) is 48.5 Å². The van der Waals surface area contributed by atoms with Crippen LogP contribution in [-0.4, -0.2) is 18.9 Å². The maximum atomic E-state index is 12.6. The van der Waals surface area contributed by atoms with Crippen LogP contribution in [0, 0.1) is 5.92 Å². The summed E-state index contributed by atoms with van der Waals surface area (Å²) in [5.74, 6) is -0.0480. The largest absolute Gasteiger partial charge is 0.355 e. The van der Waals surface area contributed by atoms with Gasteiger partial charge in [0.1, 0.15) is 0 Å². The van der Waals surface area contributed by atoms with Crippen molar-refractivity contribution in [1.29, 1.82) is 0 Å². The Kier molecular flexibility index (Phi) is 6.34. The number of nitrogens with one attached hydrogen (secondary N) is 2. The minimum atomic E-state index is -0.300. The Bertz CT molecular complexity index is 736. The molecule has 0 aliphatic carbocycles. The second-order valence-electron chi connectivity index (χ2n) is 6.68. The third-order valence-electron chi connectivity index (χ3n) is 4.17. The number of carbonyl (C=O) groups excluding carboxylic acids is 2. The van der Waals surface area contributed by atoms with Crippen LogP contribution in [0.4, 0.5) is 5.69 Å². The minimum Gasteiger partial charge on any atom is -0.355 e. The Morgan fingerprint density at radius 3 is 2.20 bits per heavy atom. The van der Waals surface area contributed by atoms with Gasteiger partial charge in [0.2, 0.25) is 5.91 Å². The Morgan fingerprint density at radius 2 is 1.60 bits per heavy atom. The van der Waals surface area contributed by atoms with Crippen molar-refractivity contribution in [2.45, 2.75) is 33.1 Å². The summed E-state index contributed by atoms with van der Waals surface area (Å²) in [7, 11) is 1.57. The van der Waals surface area contributed by atoms with E-state index < -0.39 is 0 Å². The molecule has 2 aromatic carbocycles. The van der Waals surface area contributed by atoms with E-state index in [4.69, 9.17) is 0 Å². The molecule has 0 saturated carbocycles. The van der Waals surface area contributed by atoms with E-state index in [0.717, 1.165) is 12.0 Å². The molecule has 4 heteroatoms. The van der Waals surface area contributed by atoms with Crippen LogP contribution in [0.5, 0.6) is 0 Å². The molecule has 2 aromatic rings. The second kappa shape index (κ2) is 8.47. The Morgan fingerprint density at radius 1 is 0.960 bits per heavy atom. The van der Waals surface area contributed by atoms with Crippen molar-refractivity contribution in [2.24, 2.45) is 5.92 Å². The molecule has 0 fully saturated rings. The topological polar surface area (TPSA) is 58.2 Å². The SMILES string of the molecule is CNC(=O)c1ccccc1NC(=O)C(C)c1ccc(CC(C)C)cc1. The number of anilines is 1. The van der Waals surface area contributed by atoms with Gasteiger partial charge in [-0.3, -0.25) is 9.59 Å². The molecular formula is C21H26N2O2. The van der Waals surface area contributed by atoms with E-state index in [9.17, 15) is 9.59 Å². The van der Waals surface area contributed by atoms with Crippen LogP contribution in [0.25, 0.3) is 0 Å². The lowest BCUT2D eigenvalue weighted by atomic mass is 9.96. The van der Waals surface area contributed by atoms with Crippen molar-refractivity contribution in [1.82, 2.24) is 5.32 Å². The van der Waals surface area contributed by atoms with Crippen LogP contribution in [0.2, 0.25) is 0 Å². The lowest BCUT2D eigenvalue weighted by Crippen LogP contribution is -2.23. The van der Waals surface area contributed by atoms with Crippen LogP contribution in [0.3, 0.4) is 0 Å². The monoisotopic (exact) mass is 338 g/mol. The molecular weight excluding hydrogens is 312 g/mol. The fourth-order valence-corrected chi connectivity index (χ4v) is 2.73. The maximum Gasteiger partial charge on any atom is 0.253 e. The molecule has 1 atom stereocenters. The second-order valence-corrected chi connectivity index (χ2v) is 6.68. The van der Waals surface area contributed by atoms with Crippen LogP contribution in [-0.2, 0) is 11.2 Å². The zero-order valence-corrected chi connectivity index (χ0v) is 15.3. The van der Waals surface area contributed by atoms with Gasteiger partial charge < -0.3 is 10.6 Å². The van der Waals surface area contributed by atoms with E-state index in [0.29, 0.717) is 17.2 Å². The van der Waals surface area contributed by atoms with Crippen molar-refractivity contribution in [3.63, 3.8) is 0 Å². The first-order valence-electron chi connectivity index (χ1n) is 8.63. The van der Waals surface area contributed by atoms with E-state index in [1.165, 1.54) is 5.56 Å². The molecule has 0 saturated heterocycles. The number of hydrogen-bond acceptors (Lipinski definition) is 2. The van der Waals surface area contributed by atoms with Crippen molar-refractivity contribution in [3.05, 3.63) is 65.2 Å².